The first-order valence-electron chi connectivity index (χ1n) is 3.73. The van der Waals surface area contributed by atoms with Crippen LogP contribution in [0.3, 0.4) is 0 Å². The number of non-ortho nitro benzene ring substituents is 1. The Balaban J connectivity index is 2.94. The summed E-state index contributed by atoms with van der Waals surface area (Å²) < 4.78 is 0. The van der Waals surface area contributed by atoms with Crippen LogP contribution in [-0.4, -0.2) is 23.2 Å². The van der Waals surface area contributed by atoms with E-state index in [1.807, 2.05) is 0 Å². The quantitative estimate of drug-likeness (QED) is 0.576. The minimum Gasteiger partial charge on any atom is -0.465 e. The second-order valence-corrected chi connectivity index (χ2v) is 2.62. The van der Waals surface area contributed by atoms with Crippen LogP contribution in [0, 0.1) is 10.1 Å². The number of nitrogens with zero attached hydrogens (tertiary/aromatic N) is 2. The number of nitro groups is 1. The van der Waals surface area contributed by atoms with E-state index in [9.17, 15) is 14.9 Å². The van der Waals surface area contributed by atoms with Gasteiger partial charge in [-0.1, -0.05) is 0 Å². The molecule has 0 bridgehead atoms. The molecule has 74 valence electrons. The maximum absolute atomic E-state index is 10.5. The van der Waals surface area contributed by atoms with Gasteiger partial charge in [-0.15, -0.1) is 0 Å². The predicted octanol–water partition coefficient (Wildman–Crippen LogP) is 1.71. The number of amides is 1. The van der Waals surface area contributed by atoms with Gasteiger partial charge >= 0.3 is 6.09 Å². The van der Waals surface area contributed by atoms with Crippen LogP contribution in [0.2, 0.25) is 0 Å². The maximum Gasteiger partial charge on any atom is 0.411 e. The third kappa shape index (κ3) is 1.98. The Hall–Kier alpha value is -2.11. The van der Waals surface area contributed by atoms with Crippen molar-refractivity contribution < 1.29 is 14.8 Å². The van der Waals surface area contributed by atoms with E-state index in [-0.39, 0.29) is 5.69 Å². The molecule has 6 nitrogen and oxygen atoms in total. The Kier molecular flexibility index (Phi) is 2.66. The third-order valence-electron chi connectivity index (χ3n) is 1.73. The number of anilines is 1. The molecule has 0 aliphatic rings. The van der Waals surface area contributed by atoms with Gasteiger partial charge in [0.15, 0.2) is 0 Å². The number of rotatable bonds is 2. The van der Waals surface area contributed by atoms with Crippen molar-refractivity contribution in [3.8, 4) is 0 Å². The van der Waals surface area contributed by atoms with Crippen molar-refractivity contribution in [2.45, 2.75) is 0 Å². The molecular weight excluding hydrogens is 188 g/mol. The molecule has 0 aliphatic heterocycles. The SMILES string of the molecule is CN(C(=O)O)c1ccc([N+](=O)[O-])cc1. The van der Waals surface area contributed by atoms with Gasteiger partial charge in [0.1, 0.15) is 0 Å². The van der Waals surface area contributed by atoms with Crippen molar-refractivity contribution in [2.75, 3.05) is 11.9 Å². The summed E-state index contributed by atoms with van der Waals surface area (Å²) in [7, 11) is 1.36. The van der Waals surface area contributed by atoms with Gasteiger partial charge in [-0.25, -0.2) is 4.79 Å². The van der Waals surface area contributed by atoms with Gasteiger partial charge in [-0.05, 0) is 12.1 Å². The molecule has 1 aromatic carbocycles. The summed E-state index contributed by atoms with van der Waals surface area (Å²) in [6, 6.07) is 5.28. The first kappa shape index (κ1) is 9.97. The average Bonchev–Trinajstić information content (AvgIpc) is 2.16. The van der Waals surface area contributed by atoms with Crippen LogP contribution in [0.1, 0.15) is 0 Å². The molecule has 0 radical (unpaired) electrons. The summed E-state index contributed by atoms with van der Waals surface area (Å²) in [5, 5.41) is 18.9. The normalized spacial score (nSPS) is 9.50. The van der Waals surface area contributed by atoms with E-state index in [0.717, 1.165) is 4.90 Å². The Morgan fingerprint density at radius 1 is 1.43 bits per heavy atom. The van der Waals surface area contributed by atoms with Gasteiger partial charge in [-0.2, -0.15) is 0 Å². The van der Waals surface area contributed by atoms with Crippen molar-refractivity contribution in [1.82, 2.24) is 0 Å². The number of benzene rings is 1. The summed E-state index contributed by atoms with van der Waals surface area (Å²) in [4.78, 5) is 21.2. The highest BCUT2D eigenvalue weighted by Crippen LogP contribution is 2.18. The highest BCUT2D eigenvalue weighted by atomic mass is 16.6. The zero-order valence-corrected chi connectivity index (χ0v) is 7.38. The minimum absolute atomic E-state index is 0.0625. The Bertz CT molecular complexity index is 360. The fourth-order valence-corrected chi connectivity index (χ4v) is 0.908. The number of carbonyl (C=O) groups is 1. The lowest BCUT2D eigenvalue weighted by molar-refractivity contribution is -0.384. The van der Waals surface area contributed by atoms with Gasteiger partial charge in [0.05, 0.1) is 4.92 Å². The molecule has 1 aromatic rings. The minimum atomic E-state index is -1.11. The van der Waals surface area contributed by atoms with Crippen LogP contribution in [0.25, 0.3) is 0 Å². The van der Waals surface area contributed by atoms with E-state index in [0.29, 0.717) is 5.69 Å². The van der Waals surface area contributed by atoms with Crippen molar-refractivity contribution in [2.24, 2.45) is 0 Å². The van der Waals surface area contributed by atoms with E-state index >= 15 is 0 Å². The fraction of sp³-hybridized carbons (Fsp3) is 0.125. The molecule has 0 unspecified atom stereocenters. The average molecular weight is 196 g/mol. The topological polar surface area (TPSA) is 83.7 Å². The number of nitro benzene ring substituents is 1. The van der Waals surface area contributed by atoms with Crippen molar-refractivity contribution in [3.05, 3.63) is 34.4 Å². The van der Waals surface area contributed by atoms with Crippen LogP contribution in [0.15, 0.2) is 24.3 Å². The molecule has 14 heavy (non-hydrogen) atoms. The molecule has 0 saturated carbocycles. The number of hydrogen-bond acceptors (Lipinski definition) is 3. The Morgan fingerprint density at radius 3 is 2.29 bits per heavy atom. The van der Waals surface area contributed by atoms with Crippen molar-refractivity contribution >= 4 is 17.5 Å². The first-order valence-corrected chi connectivity index (χ1v) is 3.73. The zero-order valence-electron chi connectivity index (χ0n) is 7.38. The van der Waals surface area contributed by atoms with Crippen LogP contribution >= 0.6 is 0 Å². The number of carboxylic acid groups (broad SMARTS) is 1. The molecule has 0 spiro atoms. The Labute approximate surface area is 79.5 Å². The predicted molar refractivity (Wildman–Crippen MR) is 49.5 cm³/mol. The second kappa shape index (κ2) is 3.73. The Morgan fingerprint density at radius 2 is 1.93 bits per heavy atom. The van der Waals surface area contributed by atoms with E-state index < -0.39 is 11.0 Å². The van der Waals surface area contributed by atoms with E-state index in [1.54, 1.807) is 0 Å². The molecule has 1 rings (SSSR count). The lowest BCUT2D eigenvalue weighted by Crippen LogP contribution is -2.23. The molecule has 6 heteroatoms. The largest absolute Gasteiger partial charge is 0.465 e. The van der Waals surface area contributed by atoms with E-state index in [1.165, 1.54) is 31.3 Å². The first-order chi connectivity index (χ1) is 6.52. The van der Waals surface area contributed by atoms with Crippen LogP contribution < -0.4 is 4.90 Å². The fourth-order valence-electron chi connectivity index (χ4n) is 0.908. The molecule has 0 heterocycles. The zero-order chi connectivity index (χ0) is 10.7. The van der Waals surface area contributed by atoms with Crippen LogP contribution in [-0.2, 0) is 0 Å². The highest BCUT2D eigenvalue weighted by molar-refractivity contribution is 5.85. The van der Waals surface area contributed by atoms with E-state index in [2.05, 4.69) is 0 Å². The molecule has 1 N–H and O–H groups in total. The summed E-state index contributed by atoms with van der Waals surface area (Å²) in [5.74, 6) is 0. The smallest absolute Gasteiger partial charge is 0.411 e. The monoisotopic (exact) mass is 196 g/mol. The van der Waals surface area contributed by atoms with Crippen molar-refractivity contribution in [3.63, 3.8) is 0 Å². The standard InChI is InChI=1S/C8H8N2O4/c1-9(8(11)12)6-2-4-7(5-3-6)10(13)14/h2-5H,1H3,(H,11,12). The molecule has 0 fully saturated rings. The summed E-state index contributed by atoms with van der Waals surface area (Å²) in [6.45, 7) is 0. The molecule has 0 saturated heterocycles. The van der Waals surface area contributed by atoms with Gasteiger partial charge in [-0.3, -0.25) is 15.0 Å². The number of hydrogen-bond donors (Lipinski definition) is 1. The highest BCUT2D eigenvalue weighted by Gasteiger charge is 2.10. The van der Waals surface area contributed by atoms with Crippen LogP contribution in [0.5, 0.6) is 0 Å². The van der Waals surface area contributed by atoms with Gasteiger partial charge in [0, 0.05) is 24.9 Å². The summed E-state index contributed by atoms with van der Waals surface area (Å²) in [5.41, 5.74) is 0.329. The lowest BCUT2D eigenvalue weighted by Gasteiger charge is -2.11. The van der Waals surface area contributed by atoms with Gasteiger partial charge in [0.2, 0.25) is 0 Å². The molecular formula is C8H8N2O4. The molecule has 0 atom stereocenters. The molecule has 1 amide bonds. The van der Waals surface area contributed by atoms with E-state index in [4.69, 9.17) is 5.11 Å². The second-order valence-electron chi connectivity index (χ2n) is 2.62. The van der Waals surface area contributed by atoms with Gasteiger partial charge < -0.3 is 5.11 Å². The maximum atomic E-state index is 10.5. The molecule has 0 aromatic heterocycles. The lowest BCUT2D eigenvalue weighted by atomic mass is 10.3. The molecule has 0 aliphatic carbocycles. The van der Waals surface area contributed by atoms with Crippen molar-refractivity contribution in [1.29, 1.82) is 0 Å². The van der Waals surface area contributed by atoms with Gasteiger partial charge in [0.25, 0.3) is 5.69 Å². The summed E-state index contributed by atoms with van der Waals surface area (Å²) >= 11 is 0. The third-order valence-corrected chi connectivity index (χ3v) is 1.73. The van der Waals surface area contributed by atoms with Crippen LogP contribution in [0.4, 0.5) is 16.2 Å². The summed E-state index contributed by atoms with van der Waals surface area (Å²) in [6.07, 6.45) is -1.11.